The van der Waals surface area contributed by atoms with Crippen LogP contribution in [0.3, 0.4) is 0 Å². The first-order chi connectivity index (χ1) is 8.69. The predicted octanol–water partition coefficient (Wildman–Crippen LogP) is 5.47. The van der Waals surface area contributed by atoms with Crippen molar-refractivity contribution in [3.63, 3.8) is 0 Å². The molecule has 0 aliphatic carbocycles. The highest BCUT2D eigenvalue weighted by molar-refractivity contribution is 4.63. The lowest BCUT2D eigenvalue weighted by atomic mass is 10.1. The first-order valence-electron chi connectivity index (χ1n) is 6.60. The summed E-state index contributed by atoms with van der Waals surface area (Å²) in [7, 11) is 0. The molecule has 0 bridgehead atoms. The van der Waals surface area contributed by atoms with E-state index in [1.165, 1.54) is 0 Å². The van der Waals surface area contributed by atoms with Gasteiger partial charge in [-0.25, -0.2) is 0 Å². The second-order valence-electron chi connectivity index (χ2n) is 4.56. The van der Waals surface area contributed by atoms with Crippen molar-refractivity contribution in [2.75, 3.05) is 6.54 Å². The van der Waals surface area contributed by atoms with Crippen molar-refractivity contribution < 1.29 is 26.3 Å². The average Bonchev–Trinajstić information content (AvgIpc) is 2.23. The van der Waals surface area contributed by atoms with Crippen LogP contribution in [0.15, 0.2) is 0 Å². The Kier molecular flexibility index (Phi) is 8.45. The van der Waals surface area contributed by atoms with Crippen molar-refractivity contribution in [2.45, 2.75) is 70.9 Å². The van der Waals surface area contributed by atoms with E-state index in [0.717, 1.165) is 32.1 Å². The predicted molar refractivity (Wildman–Crippen MR) is 61.4 cm³/mol. The molecular formula is C12H21F6N. The first kappa shape index (κ1) is 18.5. The Morgan fingerprint density at radius 3 is 1.37 bits per heavy atom. The highest BCUT2D eigenvalue weighted by atomic mass is 19.4. The van der Waals surface area contributed by atoms with Gasteiger partial charge in [0.1, 0.15) is 0 Å². The van der Waals surface area contributed by atoms with Crippen LogP contribution in [0.1, 0.15) is 58.3 Å². The van der Waals surface area contributed by atoms with Gasteiger partial charge in [-0.3, -0.25) is 0 Å². The third kappa shape index (κ3) is 9.13. The van der Waals surface area contributed by atoms with Crippen LogP contribution in [-0.2, 0) is 0 Å². The van der Waals surface area contributed by atoms with E-state index in [1.54, 1.807) is 0 Å². The fourth-order valence-corrected chi connectivity index (χ4v) is 1.80. The quantitative estimate of drug-likeness (QED) is 0.309. The monoisotopic (exact) mass is 293 g/mol. The molecule has 0 atom stereocenters. The third-order valence-corrected chi connectivity index (χ3v) is 2.85. The van der Waals surface area contributed by atoms with E-state index in [-0.39, 0.29) is 6.42 Å². The fourth-order valence-electron chi connectivity index (χ4n) is 1.80. The summed E-state index contributed by atoms with van der Waals surface area (Å²) in [4.78, 5) is -1.35. The molecule has 0 saturated heterocycles. The highest BCUT2D eigenvalue weighted by Gasteiger charge is 2.53. The van der Waals surface area contributed by atoms with Crippen molar-refractivity contribution >= 4 is 0 Å². The largest absolute Gasteiger partial charge is 0.467 e. The minimum atomic E-state index is -5.35. The van der Waals surface area contributed by atoms with Crippen LogP contribution in [0.5, 0.6) is 0 Å². The Labute approximate surface area is 110 Å². The minimum absolute atomic E-state index is 0.0905. The molecule has 19 heavy (non-hydrogen) atoms. The second kappa shape index (κ2) is 8.66. The third-order valence-electron chi connectivity index (χ3n) is 2.85. The van der Waals surface area contributed by atoms with Gasteiger partial charge in [0.25, 0.3) is 0 Å². The lowest BCUT2D eigenvalue weighted by Gasteiger charge is -2.26. The van der Waals surface area contributed by atoms with E-state index in [4.69, 9.17) is 0 Å². The summed E-state index contributed by atoms with van der Waals surface area (Å²) in [5, 5.41) is 0. The van der Waals surface area contributed by atoms with Crippen LogP contribution in [0.2, 0.25) is 0 Å². The van der Waals surface area contributed by atoms with E-state index in [9.17, 15) is 26.3 Å². The summed E-state index contributed by atoms with van der Waals surface area (Å²) >= 11 is 0. The Hall–Kier alpha value is -0.460. The van der Waals surface area contributed by atoms with E-state index >= 15 is 0 Å². The number of rotatable bonds is 9. The molecule has 0 N–H and O–H groups in total. The average molecular weight is 293 g/mol. The van der Waals surface area contributed by atoms with Crippen molar-refractivity contribution in [1.29, 1.82) is 0 Å². The van der Waals surface area contributed by atoms with Crippen molar-refractivity contribution in [3.05, 3.63) is 0 Å². The number of nitrogens with zero attached hydrogens (tertiary/aromatic N) is 1. The second-order valence-corrected chi connectivity index (χ2v) is 4.56. The topological polar surface area (TPSA) is 3.24 Å². The molecule has 0 amide bonds. The molecule has 0 aliphatic rings. The zero-order valence-corrected chi connectivity index (χ0v) is 11.1. The molecule has 0 heterocycles. The van der Waals surface area contributed by atoms with Gasteiger partial charge in [0.15, 0.2) is 0 Å². The highest BCUT2D eigenvalue weighted by Crippen LogP contribution is 2.33. The van der Waals surface area contributed by atoms with Gasteiger partial charge in [-0.05, 0) is 6.42 Å². The molecule has 0 aromatic heterocycles. The van der Waals surface area contributed by atoms with Gasteiger partial charge in [-0.1, -0.05) is 51.9 Å². The normalized spacial score (nSPS) is 13.3. The Bertz CT molecular complexity index is 209. The molecule has 0 radical (unpaired) electrons. The Morgan fingerprint density at radius 1 is 0.632 bits per heavy atom. The summed E-state index contributed by atoms with van der Waals surface area (Å²) in [6.45, 7) is 1.06. The number of unbranched alkanes of at least 4 members (excludes halogenated alkanes) is 7. The van der Waals surface area contributed by atoms with Crippen LogP contribution >= 0.6 is 0 Å². The van der Waals surface area contributed by atoms with Gasteiger partial charge in [-0.2, -0.15) is 26.3 Å². The van der Waals surface area contributed by atoms with E-state index in [2.05, 4.69) is 6.92 Å². The van der Waals surface area contributed by atoms with Crippen molar-refractivity contribution in [2.24, 2.45) is 0 Å². The SMILES string of the molecule is CCCCCCCCCCN(C(F)(F)F)C(F)(F)F. The van der Waals surface area contributed by atoms with Gasteiger partial charge in [0, 0.05) is 6.54 Å². The maximum atomic E-state index is 12.1. The van der Waals surface area contributed by atoms with Crippen LogP contribution < -0.4 is 0 Å². The number of hydrogen-bond acceptors (Lipinski definition) is 1. The van der Waals surface area contributed by atoms with E-state index in [1.807, 2.05) is 0 Å². The van der Waals surface area contributed by atoms with E-state index in [0.29, 0.717) is 12.8 Å². The van der Waals surface area contributed by atoms with Gasteiger partial charge in [-0.15, -0.1) is 4.90 Å². The first-order valence-corrected chi connectivity index (χ1v) is 6.60. The zero-order chi connectivity index (χ0) is 14.9. The van der Waals surface area contributed by atoms with Gasteiger partial charge in [0.05, 0.1) is 0 Å². The molecule has 7 heteroatoms. The molecular weight excluding hydrogens is 272 g/mol. The van der Waals surface area contributed by atoms with Crippen LogP contribution in [0.25, 0.3) is 0 Å². The molecule has 0 saturated carbocycles. The lowest BCUT2D eigenvalue weighted by molar-refractivity contribution is -0.372. The molecule has 0 fully saturated rings. The molecule has 1 nitrogen and oxygen atoms in total. The molecule has 0 rings (SSSR count). The van der Waals surface area contributed by atoms with Crippen LogP contribution in [0, 0.1) is 0 Å². The van der Waals surface area contributed by atoms with Crippen LogP contribution in [0.4, 0.5) is 26.3 Å². The van der Waals surface area contributed by atoms with Gasteiger partial charge >= 0.3 is 12.6 Å². The number of hydrogen-bond donors (Lipinski definition) is 0. The molecule has 0 unspecified atom stereocenters. The maximum absolute atomic E-state index is 12.1. The minimum Gasteiger partial charge on any atom is -0.155 e. The molecule has 0 aromatic carbocycles. The summed E-state index contributed by atoms with van der Waals surface area (Å²) < 4.78 is 72.8. The van der Waals surface area contributed by atoms with Crippen LogP contribution in [-0.4, -0.2) is 24.0 Å². The summed E-state index contributed by atoms with van der Waals surface area (Å²) in [6, 6.07) is 0. The van der Waals surface area contributed by atoms with Gasteiger partial charge in [0.2, 0.25) is 0 Å². The fraction of sp³-hybridized carbons (Fsp3) is 1.00. The number of alkyl halides is 6. The Morgan fingerprint density at radius 2 is 1.00 bits per heavy atom. The standard InChI is InChI=1S/C12H21F6N/c1-2-3-4-5-6-7-8-9-10-19(11(13,14)15)12(16,17)18/h2-10H2,1H3. The number of halogens is 6. The molecule has 0 aromatic rings. The maximum Gasteiger partial charge on any atom is 0.467 e. The Balaban J connectivity index is 3.78. The molecule has 0 aliphatic heterocycles. The lowest BCUT2D eigenvalue weighted by Crippen LogP contribution is -2.48. The zero-order valence-electron chi connectivity index (χ0n) is 11.1. The summed E-state index contributed by atoms with van der Waals surface area (Å²) in [5.74, 6) is 0. The summed E-state index contributed by atoms with van der Waals surface area (Å²) in [6.07, 6.45) is -4.53. The summed E-state index contributed by atoms with van der Waals surface area (Å²) in [5.41, 5.74) is 0. The molecule has 0 spiro atoms. The van der Waals surface area contributed by atoms with Crippen molar-refractivity contribution in [1.82, 2.24) is 4.90 Å². The smallest absolute Gasteiger partial charge is 0.155 e. The van der Waals surface area contributed by atoms with Crippen molar-refractivity contribution in [3.8, 4) is 0 Å². The van der Waals surface area contributed by atoms with Gasteiger partial charge < -0.3 is 0 Å². The molecule has 116 valence electrons. The van der Waals surface area contributed by atoms with E-state index < -0.39 is 24.0 Å².